The van der Waals surface area contributed by atoms with Gasteiger partial charge in [0.2, 0.25) is 0 Å². The zero-order valence-electron chi connectivity index (χ0n) is 23.7. The van der Waals surface area contributed by atoms with E-state index < -0.39 is 46.8 Å². The van der Waals surface area contributed by atoms with Crippen LogP contribution in [0.15, 0.2) is 72.9 Å². The minimum atomic E-state index is -5.08. The molecule has 13 heteroatoms. The highest BCUT2D eigenvalue weighted by Crippen LogP contribution is 2.37. The number of carbonyl (C=O) groups excluding carboxylic acids is 2. The Hall–Kier alpha value is -3.90. The van der Waals surface area contributed by atoms with E-state index in [0.717, 1.165) is 16.5 Å². The summed E-state index contributed by atoms with van der Waals surface area (Å²) in [5, 5.41) is 0.889. The van der Waals surface area contributed by atoms with Crippen molar-refractivity contribution in [1.82, 2.24) is 14.8 Å². The van der Waals surface area contributed by atoms with Crippen molar-refractivity contribution in [1.29, 1.82) is 0 Å². The lowest BCUT2D eigenvalue weighted by molar-refractivity contribution is -0.143. The van der Waals surface area contributed by atoms with Crippen molar-refractivity contribution in [2.24, 2.45) is 0 Å². The van der Waals surface area contributed by atoms with Crippen LogP contribution in [0.2, 0.25) is 0 Å². The van der Waals surface area contributed by atoms with E-state index in [-0.39, 0.29) is 37.2 Å². The van der Waals surface area contributed by atoms with Crippen LogP contribution in [0.5, 0.6) is 0 Å². The molecule has 0 saturated carbocycles. The number of fused-ring (bicyclic) bond motifs is 1. The summed E-state index contributed by atoms with van der Waals surface area (Å²) in [6, 6.07) is 13.1. The average molecular weight is 656 g/mol. The third-order valence-corrected chi connectivity index (χ3v) is 7.84. The van der Waals surface area contributed by atoms with E-state index in [2.05, 4.69) is 4.98 Å². The van der Waals surface area contributed by atoms with Gasteiger partial charge in [0, 0.05) is 60.3 Å². The van der Waals surface area contributed by atoms with Crippen molar-refractivity contribution in [2.45, 2.75) is 37.7 Å². The van der Waals surface area contributed by atoms with Crippen LogP contribution in [0.3, 0.4) is 0 Å². The predicted octanol–water partition coefficient (Wildman–Crippen LogP) is 7.80. The van der Waals surface area contributed by atoms with E-state index in [1.165, 1.54) is 29.2 Å². The van der Waals surface area contributed by atoms with Gasteiger partial charge < -0.3 is 9.88 Å². The lowest BCUT2D eigenvalue weighted by atomic mass is 9.98. The molecule has 1 saturated heterocycles. The van der Waals surface area contributed by atoms with Gasteiger partial charge in [-0.15, -0.1) is 12.4 Å². The summed E-state index contributed by atoms with van der Waals surface area (Å²) < 4.78 is 94.4. The van der Waals surface area contributed by atoms with Crippen LogP contribution >= 0.6 is 12.4 Å². The fraction of sp³-hybridized carbons (Fsp3) is 0.312. The molecule has 1 amide bonds. The number of ketones is 1. The second-order valence-corrected chi connectivity index (χ2v) is 10.8. The first-order chi connectivity index (χ1) is 20.8. The van der Waals surface area contributed by atoms with Crippen molar-refractivity contribution in [3.05, 3.63) is 107 Å². The van der Waals surface area contributed by atoms with Gasteiger partial charge in [-0.3, -0.25) is 14.5 Å². The van der Waals surface area contributed by atoms with Crippen LogP contribution in [0.25, 0.3) is 10.9 Å². The van der Waals surface area contributed by atoms with Crippen molar-refractivity contribution in [3.63, 3.8) is 0 Å². The number of piperazine rings is 1. The van der Waals surface area contributed by atoms with Gasteiger partial charge in [-0.25, -0.2) is 4.39 Å². The molecule has 240 valence electrons. The Morgan fingerprint density at radius 3 is 2.13 bits per heavy atom. The maximum atomic E-state index is 13.6. The van der Waals surface area contributed by atoms with Gasteiger partial charge in [-0.1, -0.05) is 18.2 Å². The van der Waals surface area contributed by atoms with E-state index in [1.807, 2.05) is 29.2 Å². The highest BCUT2D eigenvalue weighted by molar-refractivity contribution is 5.96. The van der Waals surface area contributed by atoms with Crippen LogP contribution in [-0.4, -0.2) is 58.7 Å². The summed E-state index contributed by atoms with van der Waals surface area (Å²) >= 11 is 0. The molecule has 5 nitrogen and oxygen atoms in total. The van der Waals surface area contributed by atoms with E-state index in [0.29, 0.717) is 50.2 Å². The van der Waals surface area contributed by atoms with E-state index >= 15 is 0 Å². The van der Waals surface area contributed by atoms with Crippen molar-refractivity contribution >= 4 is 35.0 Å². The molecule has 0 radical (unpaired) electrons. The number of carbonyl (C=O) groups is 2. The number of alkyl halides is 6. The van der Waals surface area contributed by atoms with E-state index in [9.17, 15) is 40.3 Å². The van der Waals surface area contributed by atoms with Crippen molar-refractivity contribution in [3.8, 4) is 0 Å². The molecule has 0 unspecified atom stereocenters. The first-order valence-corrected chi connectivity index (χ1v) is 14.0. The first kappa shape index (κ1) is 34.0. The number of benzene rings is 3. The second kappa shape index (κ2) is 13.6. The van der Waals surface area contributed by atoms with E-state index in [1.54, 1.807) is 6.20 Å². The van der Waals surface area contributed by atoms with Crippen LogP contribution < -0.4 is 0 Å². The molecule has 1 fully saturated rings. The number of hydrogen-bond acceptors (Lipinski definition) is 3. The second-order valence-electron chi connectivity index (χ2n) is 10.8. The van der Waals surface area contributed by atoms with Crippen molar-refractivity contribution in [2.75, 3.05) is 26.2 Å². The molecule has 1 N–H and O–H groups in total. The monoisotopic (exact) mass is 655 g/mol. The quantitative estimate of drug-likeness (QED) is 0.156. The summed E-state index contributed by atoms with van der Waals surface area (Å²) in [7, 11) is 0. The van der Waals surface area contributed by atoms with Gasteiger partial charge in [0.15, 0.2) is 5.78 Å². The molecule has 0 bridgehead atoms. The molecule has 2 heterocycles. The van der Waals surface area contributed by atoms with Crippen LogP contribution in [0.1, 0.15) is 50.2 Å². The molecule has 1 aromatic heterocycles. The number of Topliss-reactive ketones (excluding diaryl/α,β-unsaturated/α-hetero) is 1. The number of halogens is 8. The number of para-hydroxylation sites is 1. The standard InChI is InChI=1S/C32H28F7N3O2.ClH/c33-25-9-7-20(8-10-25)29(43)6-3-11-41-12-13-42(26(19-41)16-22-18-40-28-5-2-1-4-27(22)28)30(44)21-14-23(31(34,35)36)17-24(15-21)32(37,38)39;/h1-2,4-5,7-10,14-15,17-18,26,40H,3,6,11-13,16,19H2;1H/t26-;/m1./s1. The van der Waals surface area contributed by atoms with Crippen LogP contribution in [0, 0.1) is 5.82 Å². The molecular weight excluding hydrogens is 627 g/mol. The SMILES string of the molecule is Cl.O=C(CCCN1CCN(C(=O)c2cc(C(F)(F)F)cc(C(F)(F)F)c2)[C@H](Cc2c[nH]c3ccccc23)C1)c1ccc(F)cc1. The Labute approximate surface area is 260 Å². The fourth-order valence-electron chi connectivity index (χ4n) is 5.61. The number of rotatable bonds is 8. The zero-order chi connectivity index (χ0) is 31.6. The van der Waals surface area contributed by atoms with Gasteiger partial charge in [-0.05, 0) is 73.5 Å². The van der Waals surface area contributed by atoms with Crippen molar-refractivity contribution < 1.29 is 40.3 Å². The molecule has 3 aromatic carbocycles. The molecule has 5 rings (SSSR count). The molecule has 1 atom stereocenters. The maximum absolute atomic E-state index is 13.6. The van der Waals surface area contributed by atoms with Gasteiger partial charge in [0.25, 0.3) is 5.91 Å². The normalized spacial score (nSPS) is 16.1. The van der Waals surface area contributed by atoms with E-state index in [4.69, 9.17) is 0 Å². The Morgan fingerprint density at radius 1 is 0.844 bits per heavy atom. The molecule has 4 aromatic rings. The van der Waals surface area contributed by atoms with Gasteiger partial charge in [-0.2, -0.15) is 26.3 Å². The summed E-state index contributed by atoms with van der Waals surface area (Å²) in [6.45, 7) is 1.14. The smallest absolute Gasteiger partial charge is 0.361 e. The van der Waals surface area contributed by atoms with Crippen LogP contribution in [0.4, 0.5) is 30.7 Å². The topological polar surface area (TPSA) is 56.4 Å². The summed E-state index contributed by atoms with van der Waals surface area (Å²) in [6.07, 6.45) is -7.42. The average Bonchev–Trinajstić information content (AvgIpc) is 3.39. The third-order valence-electron chi connectivity index (χ3n) is 7.84. The molecule has 1 aliphatic heterocycles. The van der Waals surface area contributed by atoms with Gasteiger partial charge >= 0.3 is 12.4 Å². The van der Waals surface area contributed by atoms with Crippen LogP contribution in [-0.2, 0) is 18.8 Å². The summed E-state index contributed by atoms with van der Waals surface area (Å²) in [4.78, 5) is 32.7. The fourth-order valence-corrected chi connectivity index (χ4v) is 5.61. The minimum absolute atomic E-state index is 0. The zero-order valence-corrected chi connectivity index (χ0v) is 24.5. The highest BCUT2D eigenvalue weighted by atomic mass is 35.5. The predicted molar refractivity (Wildman–Crippen MR) is 157 cm³/mol. The molecule has 1 aliphatic rings. The number of hydrogen-bond donors (Lipinski definition) is 1. The Kier molecular flexibility index (Phi) is 10.3. The number of amides is 1. The lowest BCUT2D eigenvalue weighted by Gasteiger charge is -2.42. The molecular formula is C32H29ClF7N3O2. The number of nitrogens with zero attached hydrogens (tertiary/aromatic N) is 2. The Balaban J connectivity index is 0.00000461. The number of nitrogens with one attached hydrogen (secondary N) is 1. The summed E-state index contributed by atoms with van der Waals surface area (Å²) in [5.74, 6) is -1.52. The maximum Gasteiger partial charge on any atom is 0.416 e. The lowest BCUT2D eigenvalue weighted by Crippen LogP contribution is -2.56. The molecule has 0 aliphatic carbocycles. The van der Waals surface area contributed by atoms with Gasteiger partial charge in [0.1, 0.15) is 5.82 Å². The van der Waals surface area contributed by atoms with Gasteiger partial charge in [0.05, 0.1) is 11.1 Å². The number of H-pyrrole nitrogens is 1. The Morgan fingerprint density at radius 2 is 1.49 bits per heavy atom. The third kappa shape index (κ3) is 8.04. The summed E-state index contributed by atoms with van der Waals surface area (Å²) in [5.41, 5.74) is -1.70. The number of aromatic nitrogens is 1. The Bertz CT molecular complexity index is 1620. The molecule has 0 spiro atoms. The number of aromatic amines is 1. The highest BCUT2D eigenvalue weighted by Gasteiger charge is 2.39. The first-order valence-electron chi connectivity index (χ1n) is 14.0. The largest absolute Gasteiger partial charge is 0.416 e. The minimum Gasteiger partial charge on any atom is -0.361 e. The molecule has 45 heavy (non-hydrogen) atoms.